The maximum Gasteiger partial charge on any atom is 0.417 e. The summed E-state index contributed by atoms with van der Waals surface area (Å²) >= 11 is 6.80. The summed E-state index contributed by atoms with van der Waals surface area (Å²) in [5.74, 6) is -2.05. The summed E-state index contributed by atoms with van der Waals surface area (Å²) in [6.07, 6.45) is -4.69. The predicted octanol–water partition coefficient (Wildman–Crippen LogP) is 5.49. The number of alkyl halides is 3. The number of nitrogens with one attached hydrogen (secondary N) is 1. The number of para-hydroxylation sites is 1. The van der Waals surface area contributed by atoms with Crippen LogP contribution in [-0.2, 0) is 15.7 Å². The molecule has 0 unspecified atom stereocenters. The Labute approximate surface area is 195 Å². The van der Waals surface area contributed by atoms with Gasteiger partial charge in [0.15, 0.2) is 6.61 Å². The molecule has 3 rings (SSSR count). The minimum absolute atomic E-state index is 0.0450. The largest absolute Gasteiger partial charge is 0.452 e. The minimum atomic E-state index is -4.69. The van der Waals surface area contributed by atoms with Gasteiger partial charge in [-0.25, -0.2) is 4.79 Å². The van der Waals surface area contributed by atoms with Gasteiger partial charge in [-0.3, -0.25) is 9.59 Å². The molecule has 0 spiro atoms. The summed E-state index contributed by atoms with van der Waals surface area (Å²) in [5.41, 5.74) is -0.946. The van der Waals surface area contributed by atoms with Crippen LogP contribution in [0.4, 0.5) is 24.5 Å². The van der Waals surface area contributed by atoms with Crippen molar-refractivity contribution in [2.24, 2.45) is 0 Å². The molecule has 1 heterocycles. The van der Waals surface area contributed by atoms with E-state index in [1.54, 1.807) is 35.7 Å². The Morgan fingerprint density at radius 2 is 1.82 bits per heavy atom. The van der Waals surface area contributed by atoms with Crippen LogP contribution in [0.1, 0.15) is 25.6 Å². The SMILES string of the molecule is CN(C(=O)c1cccs1)c1ccccc1C(=O)OCC(=O)Nc1ccc(Cl)c(C(F)(F)F)c1. The molecule has 2 aromatic carbocycles. The highest BCUT2D eigenvalue weighted by Gasteiger charge is 2.33. The molecule has 0 radical (unpaired) electrons. The maximum atomic E-state index is 13.0. The first-order valence-electron chi connectivity index (χ1n) is 9.32. The van der Waals surface area contributed by atoms with Crippen molar-refractivity contribution >= 4 is 52.1 Å². The van der Waals surface area contributed by atoms with Crippen LogP contribution < -0.4 is 10.2 Å². The number of benzene rings is 2. The zero-order valence-corrected chi connectivity index (χ0v) is 18.6. The van der Waals surface area contributed by atoms with Gasteiger partial charge in [0.2, 0.25) is 0 Å². The predicted molar refractivity (Wildman–Crippen MR) is 119 cm³/mol. The van der Waals surface area contributed by atoms with Gasteiger partial charge >= 0.3 is 12.1 Å². The Morgan fingerprint density at radius 3 is 2.48 bits per heavy atom. The number of hydrogen-bond donors (Lipinski definition) is 1. The third-order valence-electron chi connectivity index (χ3n) is 4.41. The topological polar surface area (TPSA) is 75.7 Å². The number of halogens is 4. The molecule has 6 nitrogen and oxygen atoms in total. The van der Waals surface area contributed by atoms with Gasteiger partial charge in [0.05, 0.1) is 26.7 Å². The number of thiophene rings is 1. The second-order valence-electron chi connectivity index (χ2n) is 6.68. The number of anilines is 2. The van der Waals surface area contributed by atoms with Crippen molar-refractivity contribution in [3.63, 3.8) is 0 Å². The van der Waals surface area contributed by atoms with Gasteiger partial charge < -0.3 is 15.0 Å². The Morgan fingerprint density at radius 1 is 1.09 bits per heavy atom. The molecule has 2 amide bonds. The first kappa shape index (κ1) is 24.3. The van der Waals surface area contributed by atoms with Crippen molar-refractivity contribution in [1.29, 1.82) is 0 Å². The van der Waals surface area contributed by atoms with Gasteiger partial charge in [-0.05, 0) is 41.8 Å². The minimum Gasteiger partial charge on any atom is -0.452 e. The highest BCUT2D eigenvalue weighted by molar-refractivity contribution is 7.12. The number of hydrogen-bond acceptors (Lipinski definition) is 5. The Balaban J connectivity index is 1.67. The first-order chi connectivity index (χ1) is 15.6. The van der Waals surface area contributed by atoms with E-state index in [9.17, 15) is 27.6 Å². The summed E-state index contributed by atoms with van der Waals surface area (Å²) in [4.78, 5) is 39.0. The van der Waals surface area contributed by atoms with E-state index in [0.29, 0.717) is 10.9 Å². The van der Waals surface area contributed by atoms with E-state index in [2.05, 4.69) is 5.32 Å². The van der Waals surface area contributed by atoms with Crippen LogP contribution in [0.2, 0.25) is 5.02 Å². The van der Waals surface area contributed by atoms with Crippen LogP contribution in [0, 0.1) is 0 Å². The second kappa shape index (κ2) is 10.1. The monoisotopic (exact) mass is 496 g/mol. The number of nitrogens with zero attached hydrogens (tertiary/aromatic N) is 1. The van der Waals surface area contributed by atoms with Gasteiger partial charge in [0, 0.05) is 12.7 Å². The van der Waals surface area contributed by atoms with Gasteiger partial charge in [-0.2, -0.15) is 13.2 Å². The molecule has 0 aliphatic rings. The molecule has 33 heavy (non-hydrogen) atoms. The Kier molecular flexibility index (Phi) is 7.39. The zero-order chi connectivity index (χ0) is 24.2. The average molecular weight is 497 g/mol. The van der Waals surface area contributed by atoms with Crippen molar-refractivity contribution in [3.8, 4) is 0 Å². The molecule has 0 aliphatic carbocycles. The van der Waals surface area contributed by atoms with Gasteiger partial charge in [-0.1, -0.05) is 29.8 Å². The molecule has 0 fully saturated rings. The van der Waals surface area contributed by atoms with Gasteiger partial charge in [0.25, 0.3) is 11.8 Å². The van der Waals surface area contributed by atoms with E-state index in [4.69, 9.17) is 16.3 Å². The van der Waals surface area contributed by atoms with E-state index in [1.807, 2.05) is 0 Å². The number of rotatable bonds is 6. The van der Waals surface area contributed by atoms with Crippen molar-refractivity contribution < 1.29 is 32.3 Å². The fraction of sp³-hybridized carbons (Fsp3) is 0.136. The van der Waals surface area contributed by atoms with E-state index >= 15 is 0 Å². The normalized spacial score (nSPS) is 11.1. The molecule has 0 aliphatic heterocycles. The summed E-state index contributed by atoms with van der Waals surface area (Å²) in [6.45, 7) is -0.750. The van der Waals surface area contributed by atoms with Crippen LogP contribution in [0.15, 0.2) is 60.0 Å². The lowest BCUT2D eigenvalue weighted by atomic mass is 10.1. The summed E-state index contributed by atoms with van der Waals surface area (Å²) in [7, 11) is 1.50. The molecular weight excluding hydrogens is 481 g/mol. The van der Waals surface area contributed by atoms with E-state index < -0.39 is 35.2 Å². The lowest BCUT2D eigenvalue weighted by Crippen LogP contribution is -2.28. The Hall–Kier alpha value is -3.37. The number of ether oxygens (including phenoxy) is 1. The molecule has 3 aromatic rings. The number of carbonyl (C=O) groups excluding carboxylic acids is 3. The van der Waals surface area contributed by atoms with Crippen LogP contribution >= 0.6 is 22.9 Å². The van der Waals surface area contributed by atoms with Crippen LogP contribution in [-0.4, -0.2) is 31.4 Å². The quantitative estimate of drug-likeness (QED) is 0.458. The first-order valence-corrected chi connectivity index (χ1v) is 10.6. The Bertz CT molecular complexity index is 1180. The summed E-state index contributed by atoms with van der Waals surface area (Å²) in [5, 5.41) is 3.46. The standard InChI is InChI=1S/C22H16ClF3N2O4S/c1-28(20(30)18-7-4-10-33-18)17-6-3-2-5-14(17)21(31)32-12-19(29)27-13-8-9-16(23)15(11-13)22(24,25)26/h2-11H,12H2,1H3,(H,27,29). The lowest BCUT2D eigenvalue weighted by Gasteiger charge is -2.19. The van der Waals surface area contributed by atoms with Gasteiger partial charge in [0.1, 0.15) is 0 Å². The van der Waals surface area contributed by atoms with Crippen LogP contribution in [0.25, 0.3) is 0 Å². The third kappa shape index (κ3) is 5.91. The molecule has 0 saturated carbocycles. The number of amides is 2. The van der Waals surface area contributed by atoms with E-state index in [-0.39, 0.29) is 22.8 Å². The van der Waals surface area contributed by atoms with Crippen molar-refractivity contribution in [1.82, 2.24) is 0 Å². The molecule has 11 heteroatoms. The molecule has 0 bridgehead atoms. The highest BCUT2D eigenvalue weighted by atomic mass is 35.5. The molecule has 0 saturated heterocycles. The number of carbonyl (C=O) groups is 3. The third-order valence-corrected chi connectivity index (χ3v) is 5.60. The van der Waals surface area contributed by atoms with Gasteiger partial charge in [-0.15, -0.1) is 11.3 Å². The maximum absolute atomic E-state index is 13.0. The van der Waals surface area contributed by atoms with Crippen LogP contribution in [0.3, 0.4) is 0 Å². The molecule has 1 aromatic heterocycles. The molecule has 1 N–H and O–H groups in total. The second-order valence-corrected chi connectivity index (χ2v) is 8.03. The number of esters is 1. The lowest BCUT2D eigenvalue weighted by molar-refractivity contribution is -0.137. The van der Waals surface area contributed by atoms with Crippen molar-refractivity contribution in [3.05, 3.63) is 81.0 Å². The molecule has 0 atom stereocenters. The summed E-state index contributed by atoms with van der Waals surface area (Å²) < 4.78 is 43.9. The summed E-state index contributed by atoms with van der Waals surface area (Å²) in [6, 6.07) is 12.4. The van der Waals surface area contributed by atoms with Crippen LogP contribution in [0.5, 0.6) is 0 Å². The smallest absolute Gasteiger partial charge is 0.417 e. The fourth-order valence-electron chi connectivity index (χ4n) is 2.84. The fourth-order valence-corrected chi connectivity index (χ4v) is 3.76. The highest BCUT2D eigenvalue weighted by Crippen LogP contribution is 2.36. The molecular formula is C22H16ClF3N2O4S. The van der Waals surface area contributed by atoms with Crippen molar-refractivity contribution in [2.45, 2.75) is 6.18 Å². The molecule has 172 valence electrons. The average Bonchev–Trinajstić information content (AvgIpc) is 3.32. The zero-order valence-electron chi connectivity index (χ0n) is 17.0. The van der Waals surface area contributed by atoms with Crippen molar-refractivity contribution in [2.75, 3.05) is 23.9 Å². The van der Waals surface area contributed by atoms with E-state index in [0.717, 1.165) is 6.07 Å². The van der Waals surface area contributed by atoms with E-state index in [1.165, 1.54) is 35.4 Å².